The molecule has 0 aliphatic carbocycles. The minimum Gasteiger partial charge on any atom is -0.454 e. The molecular weight excluding hydrogens is 1060 g/mol. The summed E-state index contributed by atoms with van der Waals surface area (Å²) in [5, 5.41) is 57.3. The first-order valence-corrected chi connectivity index (χ1v) is 37.1. The summed E-state index contributed by atoms with van der Waals surface area (Å²) in [6.45, 7) is 5.86. The van der Waals surface area contributed by atoms with Crippen molar-refractivity contribution in [2.24, 2.45) is 0 Å². The van der Waals surface area contributed by atoms with E-state index >= 15 is 0 Å². The highest BCUT2D eigenvalue weighted by atomic mass is 16.7. The Bertz CT molecular complexity index is 1480. The van der Waals surface area contributed by atoms with Gasteiger partial charge in [0.1, 0.15) is 24.4 Å². The Balaban J connectivity index is 2.55. The van der Waals surface area contributed by atoms with Gasteiger partial charge in [0.25, 0.3) is 0 Å². The second kappa shape index (κ2) is 62.3. The lowest BCUT2D eigenvalue weighted by molar-refractivity contribution is -0.305. The van der Waals surface area contributed by atoms with E-state index < -0.39 is 67.4 Å². The monoisotopic (exact) mass is 1200 g/mol. The number of carbonyl (C=O) groups is 2. The predicted molar refractivity (Wildman–Crippen MR) is 357 cm³/mol. The summed E-state index contributed by atoms with van der Waals surface area (Å²) in [6, 6.07) is -1.02. The fourth-order valence-electron chi connectivity index (χ4n) is 12.0. The first-order chi connectivity index (χ1) is 41.7. The lowest BCUT2D eigenvalue weighted by atomic mass is 9.99. The van der Waals surface area contributed by atoms with Crippen LogP contribution in [0.3, 0.4) is 0 Å². The summed E-state index contributed by atoms with van der Waals surface area (Å²) in [4.78, 5) is 26.7. The highest BCUT2D eigenvalue weighted by molar-refractivity contribution is 5.80. The summed E-state index contributed by atoms with van der Waals surface area (Å²) in [5.41, 5.74) is 0. The Hall–Kier alpha value is -1.86. The van der Waals surface area contributed by atoms with Gasteiger partial charge in [-0.25, -0.2) is 0 Å². The van der Waals surface area contributed by atoms with Crippen LogP contribution in [-0.4, -0.2) is 99.6 Å². The molecule has 1 amide bonds. The first kappa shape index (κ1) is 81.2. The van der Waals surface area contributed by atoms with E-state index in [2.05, 4.69) is 38.2 Å². The molecule has 0 saturated carbocycles. The third-order valence-corrected chi connectivity index (χ3v) is 17.9. The van der Waals surface area contributed by atoms with Gasteiger partial charge in [-0.2, -0.15) is 0 Å². The Morgan fingerprint density at radius 1 is 0.447 bits per heavy atom. The van der Waals surface area contributed by atoms with E-state index in [1.54, 1.807) is 6.08 Å². The van der Waals surface area contributed by atoms with Gasteiger partial charge in [0.15, 0.2) is 12.4 Å². The summed E-state index contributed by atoms with van der Waals surface area (Å²) in [6.07, 6.45) is 65.1. The summed E-state index contributed by atoms with van der Waals surface area (Å²) >= 11 is 0. The second-order valence-electron chi connectivity index (χ2n) is 26.0. The minimum absolute atomic E-state index is 0.126. The molecule has 1 fully saturated rings. The van der Waals surface area contributed by atoms with Crippen LogP contribution in [0.2, 0.25) is 0 Å². The molecular formula is C74H141NO10. The van der Waals surface area contributed by atoms with Crippen LogP contribution in [0.4, 0.5) is 0 Å². The van der Waals surface area contributed by atoms with Gasteiger partial charge in [-0.1, -0.05) is 340 Å². The zero-order chi connectivity index (χ0) is 61.7. The molecule has 0 radical (unpaired) electrons. The fraction of sp³-hybridized carbons (Fsp3) is 0.919. The number of hydrogen-bond acceptors (Lipinski definition) is 10. The van der Waals surface area contributed by atoms with Crippen LogP contribution in [-0.2, 0) is 23.8 Å². The Kier molecular flexibility index (Phi) is 59.5. The third kappa shape index (κ3) is 49.6. The molecule has 11 heteroatoms. The lowest BCUT2D eigenvalue weighted by Crippen LogP contribution is -2.61. The van der Waals surface area contributed by atoms with Crippen molar-refractivity contribution < 1.29 is 49.3 Å². The van der Waals surface area contributed by atoms with Crippen molar-refractivity contribution in [1.29, 1.82) is 0 Å². The molecule has 0 aromatic rings. The number of ether oxygens (including phenoxy) is 3. The standard InChI is InChI=1S/C74H141NO10/c1-4-7-10-13-16-19-22-25-27-29-31-32-33-34-35-37-38-40-43-46-49-52-55-58-61-67(78)73(82)75-65(66(77)60-57-54-51-48-45-42-24-21-18-15-12-9-6-3)64-83-74-72(71(81)70(80)68(63-76)84-74)85-69(79)62-59-56-53-50-47-44-41-39-36-30-28-26-23-20-17-14-11-8-5-2/h26,28,57,60,65-68,70-72,74,76-78,80-81H,4-25,27,29-56,58-59,61-64H2,1-3H3,(H,75,82)/b28-26+,60-57+. The topological polar surface area (TPSA) is 175 Å². The van der Waals surface area contributed by atoms with Crippen LogP contribution in [0.25, 0.3) is 0 Å². The van der Waals surface area contributed by atoms with Crippen LogP contribution in [0.5, 0.6) is 0 Å². The lowest BCUT2D eigenvalue weighted by Gasteiger charge is -2.41. The van der Waals surface area contributed by atoms with Crippen LogP contribution in [0.15, 0.2) is 24.3 Å². The van der Waals surface area contributed by atoms with E-state index in [9.17, 15) is 35.1 Å². The maximum absolute atomic E-state index is 13.5. The van der Waals surface area contributed by atoms with E-state index in [-0.39, 0.29) is 13.0 Å². The van der Waals surface area contributed by atoms with Gasteiger partial charge in [0.2, 0.25) is 5.91 Å². The number of allylic oxidation sites excluding steroid dienone is 3. The van der Waals surface area contributed by atoms with Crippen LogP contribution >= 0.6 is 0 Å². The van der Waals surface area contributed by atoms with Crippen molar-refractivity contribution in [3.05, 3.63) is 24.3 Å². The largest absolute Gasteiger partial charge is 0.454 e. The SMILES string of the molecule is CCCCCCCC/C=C/CCCCCCCCCCCC(=O)OC1C(OCC(NC(=O)C(O)CCCCCCCCCCCCCCCCCCCCCCCCCC)C(O)/C=C/CCCCCCCCCCCCC)OC(CO)C(O)C1O. The van der Waals surface area contributed by atoms with Gasteiger partial charge in [-0.05, 0) is 51.4 Å². The normalized spacial score (nSPS) is 18.4. The molecule has 502 valence electrons. The third-order valence-electron chi connectivity index (χ3n) is 17.9. The average molecular weight is 1200 g/mol. The van der Waals surface area contributed by atoms with E-state index in [0.29, 0.717) is 19.3 Å². The zero-order valence-electron chi connectivity index (χ0n) is 56.0. The summed E-state index contributed by atoms with van der Waals surface area (Å²) < 4.78 is 17.7. The molecule has 0 spiro atoms. The zero-order valence-corrected chi connectivity index (χ0v) is 56.0. The first-order valence-electron chi connectivity index (χ1n) is 37.1. The van der Waals surface area contributed by atoms with E-state index in [0.717, 1.165) is 57.8 Å². The molecule has 8 atom stereocenters. The molecule has 1 heterocycles. The number of hydrogen-bond donors (Lipinski definition) is 6. The predicted octanol–water partition coefficient (Wildman–Crippen LogP) is 19.2. The molecule has 1 aliphatic rings. The van der Waals surface area contributed by atoms with Gasteiger partial charge < -0.3 is 45.1 Å². The Labute approximate surface area is 524 Å². The number of carbonyl (C=O) groups excluding carboxylic acids is 2. The maximum Gasteiger partial charge on any atom is 0.306 e. The van der Waals surface area contributed by atoms with Crippen molar-refractivity contribution in [3.63, 3.8) is 0 Å². The van der Waals surface area contributed by atoms with Gasteiger partial charge in [-0.3, -0.25) is 9.59 Å². The molecule has 1 aliphatic heterocycles. The van der Waals surface area contributed by atoms with Gasteiger partial charge in [0.05, 0.1) is 25.4 Å². The molecule has 11 nitrogen and oxygen atoms in total. The van der Waals surface area contributed by atoms with E-state index in [1.165, 1.54) is 270 Å². The molecule has 1 saturated heterocycles. The van der Waals surface area contributed by atoms with Gasteiger partial charge >= 0.3 is 5.97 Å². The molecule has 1 rings (SSSR count). The van der Waals surface area contributed by atoms with Crippen LogP contribution in [0.1, 0.15) is 374 Å². The van der Waals surface area contributed by atoms with E-state index in [1.807, 2.05) is 6.08 Å². The number of unbranched alkanes of at least 4 members (excludes halogenated alkanes) is 49. The van der Waals surface area contributed by atoms with Crippen molar-refractivity contribution in [2.75, 3.05) is 13.2 Å². The molecule has 6 N–H and O–H groups in total. The average Bonchev–Trinajstić information content (AvgIpc) is 2.49. The number of aliphatic hydroxyl groups excluding tert-OH is 5. The smallest absolute Gasteiger partial charge is 0.306 e. The van der Waals surface area contributed by atoms with Crippen LogP contribution in [0, 0.1) is 0 Å². The quantitative estimate of drug-likeness (QED) is 0.0195. The maximum atomic E-state index is 13.5. The summed E-state index contributed by atoms with van der Waals surface area (Å²) in [7, 11) is 0. The van der Waals surface area contributed by atoms with Crippen molar-refractivity contribution in [1.82, 2.24) is 5.32 Å². The number of esters is 1. The highest BCUT2D eigenvalue weighted by Crippen LogP contribution is 2.27. The number of rotatable bonds is 65. The summed E-state index contributed by atoms with van der Waals surface area (Å²) in [5.74, 6) is -1.18. The Morgan fingerprint density at radius 2 is 0.776 bits per heavy atom. The Morgan fingerprint density at radius 3 is 1.14 bits per heavy atom. The highest BCUT2D eigenvalue weighted by Gasteiger charge is 2.47. The fourth-order valence-corrected chi connectivity index (χ4v) is 12.0. The van der Waals surface area contributed by atoms with Gasteiger partial charge in [0, 0.05) is 6.42 Å². The van der Waals surface area contributed by atoms with Gasteiger partial charge in [-0.15, -0.1) is 0 Å². The molecule has 0 aromatic heterocycles. The minimum atomic E-state index is -1.61. The van der Waals surface area contributed by atoms with Crippen molar-refractivity contribution in [2.45, 2.75) is 423 Å². The molecule has 0 bridgehead atoms. The number of nitrogens with one attached hydrogen (secondary N) is 1. The van der Waals surface area contributed by atoms with Crippen molar-refractivity contribution in [3.8, 4) is 0 Å². The molecule has 8 unspecified atom stereocenters. The second-order valence-corrected chi connectivity index (χ2v) is 26.0. The van der Waals surface area contributed by atoms with Crippen molar-refractivity contribution >= 4 is 11.9 Å². The molecule has 0 aromatic carbocycles. The van der Waals surface area contributed by atoms with Crippen LogP contribution < -0.4 is 5.32 Å². The molecule has 85 heavy (non-hydrogen) atoms. The number of aliphatic hydroxyl groups is 5. The van der Waals surface area contributed by atoms with E-state index in [4.69, 9.17) is 14.2 Å². The number of amides is 1.